The highest BCUT2D eigenvalue weighted by atomic mass is 16.5. The zero-order valence-corrected chi connectivity index (χ0v) is 14.3. The van der Waals surface area contributed by atoms with Crippen molar-refractivity contribution in [1.29, 1.82) is 10.5 Å². The number of hydrogen-bond donors (Lipinski definition) is 0. The Morgan fingerprint density at radius 1 is 1.20 bits per heavy atom. The van der Waals surface area contributed by atoms with Gasteiger partial charge in [0.1, 0.15) is 12.4 Å². The van der Waals surface area contributed by atoms with Gasteiger partial charge in [-0.05, 0) is 42.8 Å². The summed E-state index contributed by atoms with van der Waals surface area (Å²) >= 11 is 0. The fraction of sp³-hybridized carbons (Fsp3) is 0.250. The number of amides is 1. The minimum absolute atomic E-state index is 0.129. The zero-order chi connectivity index (χ0) is 18.2. The molecule has 0 fully saturated rings. The fourth-order valence-corrected chi connectivity index (χ4v) is 2.29. The van der Waals surface area contributed by atoms with Crippen LogP contribution in [-0.2, 0) is 6.61 Å². The lowest BCUT2D eigenvalue weighted by Crippen LogP contribution is -2.34. The second-order valence-electron chi connectivity index (χ2n) is 5.76. The first-order valence-corrected chi connectivity index (χ1v) is 7.91. The van der Waals surface area contributed by atoms with Gasteiger partial charge in [-0.2, -0.15) is 10.5 Å². The van der Waals surface area contributed by atoms with Crippen LogP contribution in [-0.4, -0.2) is 23.9 Å². The van der Waals surface area contributed by atoms with E-state index >= 15 is 0 Å². The molecule has 0 saturated carbocycles. The molecule has 2 rings (SSSR count). The van der Waals surface area contributed by atoms with Crippen LogP contribution in [0.15, 0.2) is 48.5 Å². The molecule has 0 aliphatic rings. The lowest BCUT2D eigenvalue weighted by molar-refractivity contribution is 0.0746. The van der Waals surface area contributed by atoms with Crippen molar-refractivity contribution in [3.63, 3.8) is 0 Å². The molecule has 5 nitrogen and oxygen atoms in total. The van der Waals surface area contributed by atoms with Gasteiger partial charge in [0, 0.05) is 18.7 Å². The Morgan fingerprint density at radius 3 is 2.68 bits per heavy atom. The van der Waals surface area contributed by atoms with Crippen molar-refractivity contribution in [2.45, 2.75) is 26.0 Å². The largest absolute Gasteiger partial charge is 0.489 e. The Hall–Kier alpha value is -3.31. The number of rotatable bonds is 6. The van der Waals surface area contributed by atoms with Gasteiger partial charge in [-0.3, -0.25) is 4.79 Å². The molecule has 1 amide bonds. The summed E-state index contributed by atoms with van der Waals surface area (Å²) < 4.78 is 5.70. The molecule has 0 aliphatic carbocycles. The highest BCUT2D eigenvalue weighted by molar-refractivity contribution is 5.94. The molecule has 0 saturated heterocycles. The first-order chi connectivity index (χ1) is 12.0. The predicted molar refractivity (Wildman–Crippen MR) is 93.7 cm³/mol. The van der Waals surface area contributed by atoms with Gasteiger partial charge in [0.05, 0.1) is 24.1 Å². The third kappa shape index (κ3) is 4.83. The van der Waals surface area contributed by atoms with Gasteiger partial charge in [-0.15, -0.1) is 0 Å². The first-order valence-electron chi connectivity index (χ1n) is 7.91. The molecule has 0 heterocycles. The summed E-state index contributed by atoms with van der Waals surface area (Å²) in [6.45, 7) is 2.14. The molecule has 0 N–H and O–H groups in total. The number of nitriles is 2. The van der Waals surface area contributed by atoms with Gasteiger partial charge < -0.3 is 9.64 Å². The normalized spacial score (nSPS) is 11.0. The molecule has 2 aromatic carbocycles. The van der Waals surface area contributed by atoms with E-state index in [-0.39, 0.29) is 11.9 Å². The van der Waals surface area contributed by atoms with Crippen molar-refractivity contribution < 1.29 is 9.53 Å². The van der Waals surface area contributed by atoms with E-state index in [4.69, 9.17) is 15.3 Å². The van der Waals surface area contributed by atoms with E-state index in [1.807, 2.05) is 13.0 Å². The second kappa shape index (κ2) is 8.52. The lowest BCUT2D eigenvalue weighted by Gasteiger charge is -2.23. The van der Waals surface area contributed by atoms with Crippen LogP contribution in [0.4, 0.5) is 0 Å². The summed E-state index contributed by atoms with van der Waals surface area (Å²) in [5.74, 6) is 0.478. The SMILES string of the molecule is C[C@H](CC#N)N(C)C(=O)c1cccc(COc2cccc(C#N)c2)c1. The molecule has 0 aromatic heterocycles. The smallest absolute Gasteiger partial charge is 0.253 e. The third-order valence-electron chi connectivity index (χ3n) is 3.91. The van der Waals surface area contributed by atoms with Crippen LogP contribution in [0.1, 0.15) is 34.8 Å². The van der Waals surface area contributed by atoms with Crippen LogP contribution >= 0.6 is 0 Å². The predicted octanol–water partition coefficient (Wildman–Crippen LogP) is 3.51. The molecular weight excluding hydrogens is 314 g/mol. The molecule has 1 atom stereocenters. The molecule has 0 aliphatic heterocycles. The number of ether oxygens (including phenoxy) is 1. The number of carbonyl (C=O) groups excluding carboxylic acids is 1. The fourth-order valence-electron chi connectivity index (χ4n) is 2.29. The molecule has 126 valence electrons. The van der Waals surface area contributed by atoms with Crippen molar-refractivity contribution in [2.75, 3.05) is 7.05 Å². The standard InChI is InChI=1S/C20H19N3O2/c1-15(9-10-21)23(2)20(24)18-7-3-6-17(11-18)14-25-19-8-4-5-16(12-19)13-22/h3-8,11-12,15H,9,14H2,1-2H3/t15-/m1/s1. The highest BCUT2D eigenvalue weighted by Gasteiger charge is 2.17. The van der Waals surface area contributed by atoms with E-state index in [1.54, 1.807) is 54.4 Å². The quantitative estimate of drug-likeness (QED) is 0.810. The van der Waals surface area contributed by atoms with Crippen LogP contribution in [0.25, 0.3) is 0 Å². The van der Waals surface area contributed by atoms with Crippen LogP contribution in [0.2, 0.25) is 0 Å². The van der Waals surface area contributed by atoms with E-state index in [0.717, 1.165) is 5.56 Å². The van der Waals surface area contributed by atoms with E-state index in [2.05, 4.69) is 12.1 Å². The Morgan fingerprint density at radius 2 is 1.96 bits per heavy atom. The second-order valence-corrected chi connectivity index (χ2v) is 5.76. The summed E-state index contributed by atoms with van der Waals surface area (Å²) in [7, 11) is 1.70. The summed E-state index contributed by atoms with van der Waals surface area (Å²) in [6.07, 6.45) is 0.292. The van der Waals surface area contributed by atoms with Crippen LogP contribution in [0.5, 0.6) is 5.75 Å². The van der Waals surface area contributed by atoms with Gasteiger partial charge in [0.15, 0.2) is 0 Å². The summed E-state index contributed by atoms with van der Waals surface area (Å²) in [5.41, 5.74) is 1.95. The number of benzene rings is 2. The van der Waals surface area contributed by atoms with E-state index in [9.17, 15) is 4.79 Å². The van der Waals surface area contributed by atoms with Crippen molar-refractivity contribution in [3.8, 4) is 17.9 Å². The Labute approximate surface area is 147 Å². The molecule has 5 heteroatoms. The van der Waals surface area contributed by atoms with E-state index in [1.165, 1.54) is 0 Å². The Bertz CT molecular complexity index is 833. The summed E-state index contributed by atoms with van der Waals surface area (Å²) in [6, 6.07) is 18.1. The van der Waals surface area contributed by atoms with E-state index in [0.29, 0.717) is 29.9 Å². The average molecular weight is 333 g/mol. The molecule has 25 heavy (non-hydrogen) atoms. The Kier molecular flexibility index (Phi) is 6.14. The van der Waals surface area contributed by atoms with Crippen molar-refractivity contribution >= 4 is 5.91 Å². The molecule has 0 radical (unpaired) electrons. The minimum atomic E-state index is -0.147. The number of nitrogens with zero attached hydrogens (tertiary/aromatic N) is 3. The molecular formula is C20H19N3O2. The molecule has 0 unspecified atom stereocenters. The van der Waals surface area contributed by atoms with Gasteiger partial charge in [-0.1, -0.05) is 18.2 Å². The monoisotopic (exact) mass is 333 g/mol. The zero-order valence-electron chi connectivity index (χ0n) is 14.3. The Balaban J connectivity index is 2.07. The van der Waals surface area contributed by atoms with Gasteiger partial charge in [0.25, 0.3) is 5.91 Å². The van der Waals surface area contributed by atoms with Gasteiger partial charge in [-0.25, -0.2) is 0 Å². The molecule has 0 spiro atoms. The minimum Gasteiger partial charge on any atom is -0.489 e. The van der Waals surface area contributed by atoms with Crippen molar-refractivity contribution in [3.05, 3.63) is 65.2 Å². The maximum Gasteiger partial charge on any atom is 0.253 e. The maximum absolute atomic E-state index is 12.5. The molecule has 2 aromatic rings. The van der Waals surface area contributed by atoms with Crippen molar-refractivity contribution in [1.82, 2.24) is 4.90 Å². The van der Waals surface area contributed by atoms with Crippen LogP contribution in [0, 0.1) is 22.7 Å². The topological polar surface area (TPSA) is 77.1 Å². The number of carbonyl (C=O) groups is 1. The number of hydrogen-bond acceptors (Lipinski definition) is 4. The summed E-state index contributed by atoms with van der Waals surface area (Å²) in [4.78, 5) is 14.1. The van der Waals surface area contributed by atoms with E-state index < -0.39 is 0 Å². The first kappa shape index (κ1) is 18.0. The highest BCUT2D eigenvalue weighted by Crippen LogP contribution is 2.16. The lowest BCUT2D eigenvalue weighted by atomic mass is 10.1. The van der Waals surface area contributed by atoms with Gasteiger partial charge >= 0.3 is 0 Å². The van der Waals surface area contributed by atoms with Gasteiger partial charge in [0.2, 0.25) is 0 Å². The summed E-state index contributed by atoms with van der Waals surface area (Å²) in [5, 5.41) is 17.7. The molecule has 0 bridgehead atoms. The van der Waals surface area contributed by atoms with Crippen LogP contribution in [0.3, 0.4) is 0 Å². The van der Waals surface area contributed by atoms with Crippen LogP contribution < -0.4 is 4.74 Å². The third-order valence-corrected chi connectivity index (χ3v) is 3.91. The maximum atomic E-state index is 12.5. The average Bonchev–Trinajstić information content (AvgIpc) is 2.65. The van der Waals surface area contributed by atoms with Crippen molar-refractivity contribution in [2.24, 2.45) is 0 Å².